The first kappa shape index (κ1) is 15.5. The smallest absolute Gasteiger partial charge is 0.0654 e. The number of fused-ring (bicyclic) bond motifs is 1. The molecule has 1 atom stereocenters. The van der Waals surface area contributed by atoms with E-state index in [9.17, 15) is 0 Å². The van der Waals surface area contributed by atoms with Gasteiger partial charge in [0.15, 0.2) is 0 Å². The molecular formula is C18H25N3S. The Labute approximate surface area is 137 Å². The van der Waals surface area contributed by atoms with E-state index < -0.39 is 0 Å². The molecule has 22 heavy (non-hydrogen) atoms. The van der Waals surface area contributed by atoms with Crippen LogP contribution in [-0.2, 0) is 6.42 Å². The van der Waals surface area contributed by atoms with E-state index in [1.807, 2.05) is 18.4 Å². The second-order valence-corrected chi connectivity index (χ2v) is 7.24. The van der Waals surface area contributed by atoms with Crippen molar-refractivity contribution in [2.45, 2.75) is 38.6 Å². The van der Waals surface area contributed by atoms with Crippen LogP contribution >= 0.6 is 11.3 Å². The predicted octanol–water partition coefficient (Wildman–Crippen LogP) is 3.98. The Morgan fingerprint density at radius 3 is 2.95 bits per heavy atom. The van der Waals surface area contributed by atoms with Crippen LogP contribution in [0.1, 0.15) is 48.4 Å². The summed E-state index contributed by atoms with van der Waals surface area (Å²) in [6.45, 7) is 6.59. The largest absolute Gasteiger partial charge is 0.362 e. The molecule has 4 heteroatoms. The van der Waals surface area contributed by atoms with Crippen molar-refractivity contribution in [1.82, 2.24) is 10.3 Å². The zero-order valence-electron chi connectivity index (χ0n) is 13.7. The van der Waals surface area contributed by atoms with Gasteiger partial charge in [0.1, 0.15) is 0 Å². The number of thiophene rings is 1. The monoisotopic (exact) mass is 315 g/mol. The molecule has 0 saturated heterocycles. The molecule has 0 spiro atoms. The van der Waals surface area contributed by atoms with E-state index in [4.69, 9.17) is 4.98 Å². The third-order valence-corrected chi connectivity index (χ3v) is 5.42. The van der Waals surface area contributed by atoms with E-state index in [1.54, 1.807) is 0 Å². The maximum atomic E-state index is 4.72. The zero-order valence-corrected chi connectivity index (χ0v) is 14.5. The maximum absolute atomic E-state index is 4.72. The molecule has 3 heterocycles. The van der Waals surface area contributed by atoms with Gasteiger partial charge in [-0.3, -0.25) is 4.98 Å². The molecule has 3 rings (SSSR count). The molecule has 2 aromatic heterocycles. The Hall–Kier alpha value is -1.39. The van der Waals surface area contributed by atoms with Crippen molar-refractivity contribution in [2.75, 3.05) is 25.0 Å². The topological polar surface area (TPSA) is 28.2 Å². The van der Waals surface area contributed by atoms with Crippen LogP contribution in [0.4, 0.5) is 5.69 Å². The molecule has 0 aliphatic carbocycles. The SMILES string of the molecule is CNCC[C@@H](c1cccs1)N1CCc2ncc(C(C)C)cc21. The number of rotatable bonds is 6. The Bertz CT molecular complexity index is 607. The molecule has 0 aromatic carbocycles. The van der Waals surface area contributed by atoms with Gasteiger partial charge >= 0.3 is 0 Å². The molecule has 0 unspecified atom stereocenters. The van der Waals surface area contributed by atoms with Gasteiger partial charge in [-0.15, -0.1) is 11.3 Å². The summed E-state index contributed by atoms with van der Waals surface area (Å²) in [6, 6.07) is 7.24. The van der Waals surface area contributed by atoms with Crippen molar-refractivity contribution >= 4 is 17.0 Å². The van der Waals surface area contributed by atoms with E-state index in [2.05, 4.69) is 53.8 Å². The Balaban J connectivity index is 1.93. The minimum atomic E-state index is 0.456. The minimum absolute atomic E-state index is 0.456. The summed E-state index contributed by atoms with van der Waals surface area (Å²) < 4.78 is 0. The summed E-state index contributed by atoms with van der Waals surface area (Å²) in [6.07, 6.45) is 4.25. The molecule has 0 amide bonds. The van der Waals surface area contributed by atoms with Gasteiger partial charge in [0.2, 0.25) is 0 Å². The van der Waals surface area contributed by atoms with Gasteiger partial charge in [0, 0.05) is 24.0 Å². The first-order chi connectivity index (χ1) is 10.7. The summed E-state index contributed by atoms with van der Waals surface area (Å²) in [5.74, 6) is 0.526. The molecule has 3 nitrogen and oxygen atoms in total. The van der Waals surface area contributed by atoms with Gasteiger partial charge in [0.05, 0.1) is 17.4 Å². The van der Waals surface area contributed by atoms with Crippen LogP contribution in [0.2, 0.25) is 0 Å². The van der Waals surface area contributed by atoms with Gasteiger partial charge < -0.3 is 10.2 Å². The molecule has 0 fully saturated rings. The molecule has 1 aliphatic rings. The van der Waals surface area contributed by atoms with Crippen LogP contribution in [0, 0.1) is 0 Å². The standard InChI is InChI=1S/C18H25N3S/c1-13(2)14-11-17-15(20-12-14)7-9-21(17)16(6-8-19-3)18-5-4-10-22-18/h4-5,10-13,16,19H,6-9H2,1-3H3/t16-/m0/s1. The summed E-state index contributed by atoms with van der Waals surface area (Å²) in [5, 5.41) is 5.48. The van der Waals surface area contributed by atoms with Crippen molar-refractivity contribution in [3.8, 4) is 0 Å². The quantitative estimate of drug-likeness (QED) is 0.874. The van der Waals surface area contributed by atoms with Crippen molar-refractivity contribution in [3.05, 3.63) is 45.9 Å². The number of anilines is 1. The van der Waals surface area contributed by atoms with Gasteiger partial charge in [0.25, 0.3) is 0 Å². The molecular weight excluding hydrogens is 290 g/mol. The molecule has 2 aromatic rings. The van der Waals surface area contributed by atoms with Crippen molar-refractivity contribution in [3.63, 3.8) is 0 Å². The maximum Gasteiger partial charge on any atom is 0.0654 e. The zero-order chi connectivity index (χ0) is 15.5. The summed E-state index contributed by atoms with van der Waals surface area (Å²) in [7, 11) is 2.03. The number of nitrogens with one attached hydrogen (secondary N) is 1. The van der Waals surface area contributed by atoms with E-state index >= 15 is 0 Å². The van der Waals surface area contributed by atoms with Crippen LogP contribution in [0.3, 0.4) is 0 Å². The number of hydrogen-bond donors (Lipinski definition) is 1. The van der Waals surface area contributed by atoms with Gasteiger partial charge in [-0.1, -0.05) is 19.9 Å². The fourth-order valence-electron chi connectivity index (χ4n) is 3.14. The van der Waals surface area contributed by atoms with Gasteiger partial charge in [-0.25, -0.2) is 0 Å². The normalized spacial score (nSPS) is 15.4. The summed E-state index contributed by atoms with van der Waals surface area (Å²) in [5.41, 5.74) is 3.94. The highest BCUT2D eigenvalue weighted by Gasteiger charge is 2.28. The third-order valence-electron chi connectivity index (χ3n) is 4.45. The Morgan fingerprint density at radius 2 is 2.27 bits per heavy atom. The van der Waals surface area contributed by atoms with Crippen molar-refractivity contribution < 1.29 is 0 Å². The van der Waals surface area contributed by atoms with Crippen molar-refractivity contribution in [2.24, 2.45) is 0 Å². The highest BCUT2D eigenvalue weighted by Crippen LogP contribution is 2.38. The first-order valence-electron chi connectivity index (χ1n) is 8.14. The highest BCUT2D eigenvalue weighted by molar-refractivity contribution is 7.10. The number of pyridine rings is 1. The van der Waals surface area contributed by atoms with E-state index in [0.29, 0.717) is 12.0 Å². The minimum Gasteiger partial charge on any atom is -0.362 e. The Morgan fingerprint density at radius 1 is 1.41 bits per heavy atom. The van der Waals surface area contributed by atoms with Crippen molar-refractivity contribution in [1.29, 1.82) is 0 Å². The van der Waals surface area contributed by atoms with E-state index in [0.717, 1.165) is 25.9 Å². The van der Waals surface area contributed by atoms with Crippen LogP contribution < -0.4 is 10.2 Å². The molecule has 0 radical (unpaired) electrons. The number of nitrogens with zero attached hydrogens (tertiary/aromatic N) is 2. The lowest BCUT2D eigenvalue weighted by Gasteiger charge is -2.30. The van der Waals surface area contributed by atoms with Crippen LogP contribution in [-0.4, -0.2) is 25.1 Å². The highest BCUT2D eigenvalue weighted by atomic mass is 32.1. The summed E-state index contributed by atoms with van der Waals surface area (Å²) >= 11 is 1.86. The second kappa shape index (κ2) is 6.80. The second-order valence-electron chi connectivity index (χ2n) is 6.26. The molecule has 0 bridgehead atoms. The van der Waals surface area contributed by atoms with Crippen LogP contribution in [0.25, 0.3) is 0 Å². The third kappa shape index (κ3) is 3.03. The van der Waals surface area contributed by atoms with Crippen LogP contribution in [0.15, 0.2) is 29.8 Å². The lowest BCUT2D eigenvalue weighted by atomic mass is 10.0. The average molecular weight is 315 g/mol. The first-order valence-corrected chi connectivity index (χ1v) is 9.02. The van der Waals surface area contributed by atoms with E-state index in [1.165, 1.54) is 21.8 Å². The fraction of sp³-hybridized carbons (Fsp3) is 0.500. The summed E-state index contributed by atoms with van der Waals surface area (Å²) in [4.78, 5) is 8.74. The molecule has 118 valence electrons. The molecule has 1 aliphatic heterocycles. The number of hydrogen-bond acceptors (Lipinski definition) is 4. The van der Waals surface area contributed by atoms with Crippen LogP contribution in [0.5, 0.6) is 0 Å². The predicted molar refractivity (Wildman–Crippen MR) is 95.0 cm³/mol. The lowest BCUT2D eigenvalue weighted by Crippen LogP contribution is -2.28. The van der Waals surface area contributed by atoms with Gasteiger partial charge in [-0.05, 0) is 49.0 Å². The van der Waals surface area contributed by atoms with Gasteiger partial charge in [-0.2, -0.15) is 0 Å². The fourth-order valence-corrected chi connectivity index (χ4v) is 4.01. The Kier molecular flexibility index (Phi) is 4.79. The molecule has 0 saturated carbocycles. The average Bonchev–Trinajstić information content (AvgIpc) is 3.17. The van der Waals surface area contributed by atoms with E-state index in [-0.39, 0.29) is 0 Å². The molecule has 1 N–H and O–H groups in total. The number of aromatic nitrogens is 1. The lowest BCUT2D eigenvalue weighted by molar-refractivity contribution is 0.576.